The van der Waals surface area contributed by atoms with E-state index in [-0.39, 0.29) is 24.5 Å². The smallest absolute Gasteiger partial charge is 0.371 e. The number of nitrogens with zero attached hydrogens (tertiary/aromatic N) is 4. The van der Waals surface area contributed by atoms with Gasteiger partial charge in [0.1, 0.15) is 5.92 Å². The van der Waals surface area contributed by atoms with Gasteiger partial charge in [0, 0.05) is 48.4 Å². The Kier molecular flexibility index (Phi) is 9.18. The lowest BCUT2D eigenvalue weighted by molar-refractivity contribution is -0.384. The number of carbonyl (C=O) groups is 2. The molecule has 2 unspecified atom stereocenters. The van der Waals surface area contributed by atoms with Gasteiger partial charge < -0.3 is 9.30 Å². The third kappa shape index (κ3) is 6.67. The average molecular weight is 547 g/mol. The number of nitro groups is 1. The van der Waals surface area contributed by atoms with Crippen molar-refractivity contribution in [1.82, 2.24) is 9.55 Å². The standard InChI is InChI=1S/C29H30N4O7/c1-4-38-28(34)25-19(2)31-20(3)26(27(25)23-6-5-7-24(16-23)33(36)37)29(35)40-39-15-12-21-8-10-22(11-9-21)17-32-14-13-30-18-32/h5-11,13-14,16,18,25,27H,4,12,15,17H2,1-3H3. The highest BCUT2D eigenvalue weighted by Gasteiger charge is 2.43. The molecule has 11 nitrogen and oxygen atoms in total. The van der Waals surface area contributed by atoms with E-state index in [9.17, 15) is 19.7 Å². The van der Waals surface area contributed by atoms with Crippen molar-refractivity contribution in [2.45, 2.75) is 39.7 Å². The fourth-order valence-electron chi connectivity index (χ4n) is 4.73. The second kappa shape index (κ2) is 12.9. The fourth-order valence-corrected chi connectivity index (χ4v) is 4.73. The van der Waals surface area contributed by atoms with Crippen LogP contribution >= 0.6 is 0 Å². The second-order valence-corrected chi connectivity index (χ2v) is 9.31. The van der Waals surface area contributed by atoms with E-state index in [1.807, 2.05) is 35.0 Å². The van der Waals surface area contributed by atoms with Crippen LogP contribution in [0.5, 0.6) is 0 Å². The van der Waals surface area contributed by atoms with E-state index >= 15 is 0 Å². The highest BCUT2D eigenvalue weighted by atomic mass is 17.2. The minimum atomic E-state index is -0.964. The minimum Gasteiger partial charge on any atom is -0.465 e. The summed E-state index contributed by atoms with van der Waals surface area (Å²) in [7, 11) is 0. The zero-order chi connectivity index (χ0) is 28.6. The van der Waals surface area contributed by atoms with Gasteiger partial charge >= 0.3 is 11.9 Å². The molecule has 0 spiro atoms. The van der Waals surface area contributed by atoms with Gasteiger partial charge in [0.15, 0.2) is 0 Å². The lowest BCUT2D eigenvalue weighted by atomic mass is 9.75. The molecule has 0 amide bonds. The predicted molar refractivity (Wildman–Crippen MR) is 145 cm³/mol. The summed E-state index contributed by atoms with van der Waals surface area (Å²) >= 11 is 0. The van der Waals surface area contributed by atoms with E-state index in [4.69, 9.17) is 14.5 Å². The van der Waals surface area contributed by atoms with E-state index in [0.29, 0.717) is 29.9 Å². The Labute approximate surface area is 231 Å². The van der Waals surface area contributed by atoms with Gasteiger partial charge in [0.05, 0.1) is 30.0 Å². The number of hydrogen-bond acceptors (Lipinski definition) is 9. The highest BCUT2D eigenvalue weighted by Crippen LogP contribution is 2.41. The normalized spacial score (nSPS) is 16.8. The van der Waals surface area contributed by atoms with Crippen LogP contribution in [0.4, 0.5) is 5.69 Å². The van der Waals surface area contributed by atoms with Crippen molar-refractivity contribution in [3.63, 3.8) is 0 Å². The van der Waals surface area contributed by atoms with Gasteiger partial charge in [-0.25, -0.2) is 9.78 Å². The third-order valence-electron chi connectivity index (χ3n) is 6.58. The number of allylic oxidation sites excluding steroid dienone is 1. The molecule has 208 valence electrons. The van der Waals surface area contributed by atoms with Crippen molar-refractivity contribution in [3.8, 4) is 0 Å². The fraction of sp³-hybridized carbons (Fsp3) is 0.310. The van der Waals surface area contributed by atoms with Crippen LogP contribution in [0.2, 0.25) is 0 Å². The van der Waals surface area contributed by atoms with Crippen molar-refractivity contribution >= 4 is 23.3 Å². The van der Waals surface area contributed by atoms with Gasteiger partial charge in [0.25, 0.3) is 5.69 Å². The quantitative estimate of drug-likeness (QED) is 0.112. The van der Waals surface area contributed by atoms with Crippen molar-refractivity contribution in [2.75, 3.05) is 13.2 Å². The van der Waals surface area contributed by atoms with Crippen LogP contribution in [0.1, 0.15) is 43.4 Å². The Hall–Kier alpha value is -4.64. The summed E-state index contributed by atoms with van der Waals surface area (Å²) in [5.74, 6) is -3.28. The molecule has 2 aromatic carbocycles. The molecule has 0 radical (unpaired) electrons. The molecule has 0 bridgehead atoms. The first-order chi connectivity index (χ1) is 19.3. The van der Waals surface area contributed by atoms with Crippen LogP contribution < -0.4 is 0 Å². The number of carbonyl (C=O) groups excluding carboxylic acids is 2. The molecule has 1 aromatic heterocycles. The Morgan fingerprint density at radius 1 is 1.10 bits per heavy atom. The Morgan fingerprint density at radius 3 is 2.52 bits per heavy atom. The molecule has 1 aliphatic rings. The monoisotopic (exact) mass is 546 g/mol. The van der Waals surface area contributed by atoms with Crippen molar-refractivity contribution in [1.29, 1.82) is 0 Å². The Bertz CT molecular complexity index is 1430. The number of esters is 1. The number of imidazole rings is 1. The lowest BCUT2D eigenvalue weighted by Crippen LogP contribution is -2.36. The maximum atomic E-state index is 13.3. The summed E-state index contributed by atoms with van der Waals surface area (Å²) in [5, 5.41) is 11.4. The first kappa shape index (κ1) is 28.4. The van der Waals surface area contributed by atoms with E-state index < -0.39 is 28.7 Å². The number of rotatable bonds is 11. The van der Waals surface area contributed by atoms with Gasteiger partial charge in [-0.05, 0) is 43.9 Å². The average Bonchev–Trinajstić information content (AvgIpc) is 3.44. The lowest BCUT2D eigenvalue weighted by Gasteiger charge is -2.31. The van der Waals surface area contributed by atoms with E-state index in [2.05, 4.69) is 9.98 Å². The first-order valence-electron chi connectivity index (χ1n) is 12.8. The summed E-state index contributed by atoms with van der Waals surface area (Å²) in [5.41, 5.74) is 3.18. The minimum absolute atomic E-state index is 0.0769. The van der Waals surface area contributed by atoms with Gasteiger partial charge in [-0.15, -0.1) is 0 Å². The molecule has 0 saturated carbocycles. The maximum Gasteiger partial charge on any atom is 0.371 e. The van der Waals surface area contributed by atoms with Crippen LogP contribution in [0.25, 0.3) is 0 Å². The number of hydrogen-bond donors (Lipinski definition) is 0. The number of aliphatic imine (C=N–C) groups is 1. The number of nitro benzene ring substituents is 1. The third-order valence-corrected chi connectivity index (χ3v) is 6.58. The molecule has 11 heteroatoms. The van der Waals surface area contributed by atoms with Crippen LogP contribution in [-0.2, 0) is 37.1 Å². The topological polar surface area (TPSA) is 135 Å². The van der Waals surface area contributed by atoms with Gasteiger partial charge in [-0.1, -0.05) is 36.4 Å². The molecule has 1 aliphatic heterocycles. The van der Waals surface area contributed by atoms with Crippen molar-refractivity contribution < 1.29 is 29.0 Å². The molecular weight excluding hydrogens is 516 g/mol. The summed E-state index contributed by atoms with van der Waals surface area (Å²) < 4.78 is 7.24. The van der Waals surface area contributed by atoms with Gasteiger partial charge in [0.2, 0.25) is 0 Å². The SMILES string of the molecule is CCOC(=O)C1C(C)=NC(C)=C(C(=O)OOCCc2ccc(Cn3ccnc3)cc2)C1c1cccc([N+](=O)[O-])c1. The Balaban J connectivity index is 1.47. The van der Waals surface area contributed by atoms with E-state index in [1.165, 1.54) is 18.2 Å². The van der Waals surface area contributed by atoms with Crippen LogP contribution in [0, 0.1) is 16.0 Å². The van der Waals surface area contributed by atoms with Crippen LogP contribution in [-0.4, -0.2) is 45.3 Å². The van der Waals surface area contributed by atoms with Crippen molar-refractivity contribution in [3.05, 3.63) is 105 Å². The molecule has 0 saturated heterocycles. The molecule has 2 heterocycles. The highest BCUT2D eigenvalue weighted by molar-refractivity contribution is 6.06. The first-order valence-corrected chi connectivity index (χ1v) is 12.8. The van der Waals surface area contributed by atoms with Gasteiger partial charge in [-0.3, -0.25) is 24.8 Å². The summed E-state index contributed by atoms with van der Waals surface area (Å²) in [6, 6.07) is 13.8. The number of benzene rings is 2. The maximum absolute atomic E-state index is 13.3. The largest absolute Gasteiger partial charge is 0.465 e. The molecule has 0 aliphatic carbocycles. The number of non-ortho nitro benzene ring substituents is 1. The zero-order valence-corrected chi connectivity index (χ0v) is 22.5. The van der Waals surface area contributed by atoms with Crippen molar-refractivity contribution in [2.24, 2.45) is 10.9 Å². The van der Waals surface area contributed by atoms with Crippen LogP contribution in [0.15, 0.2) is 83.5 Å². The molecule has 0 fully saturated rings. The molecule has 40 heavy (non-hydrogen) atoms. The molecule has 4 rings (SSSR count). The summed E-state index contributed by atoms with van der Waals surface area (Å²) in [4.78, 5) is 56.0. The number of ether oxygens (including phenoxy) is 1. The summed E-state index contributed by atoms with van der Waals surface area (Å²) in [6.07, 6.45) is 5.87. The molecule has 2 atom stereocenters. The van der Waals surface area contributed by atoms with E-state index in [0.717, 1.165) is 11.1 Å². The Morgan fingerprint density at radius 2 is 1.85 bits per heavy atom. The molecular formula is C29H30N4O7. The number of aromatic nitrogens is 2. The predicted octanol–water partition coefficient (Wildman–Crippen LogP) is 4.57. The summed E-state index contributed by atoms with van der Waals surface area (Å²) in [6.45, 7) is 5.90. The molecule has 3 aromatic rings. The second-order valence-electron chi connectivity index (χ2n) is 9.31. The van der Waals surface area contributed by atoms with Crippen LogP contribution in [0.3, 0.4) is 0 Å². The zero-order valence-electron chi connectivity index (χ0n) is 22.5. The van der Waals surface area contributed by atoms with Gasteiger partial charge in [-0.2, -0.15) is 4.89 Å². The molecule has 0 N–H and O–H groups in total. The van der Waals surface area contributed by atoms with E-state index in [1.54, 1.807) is 39.4 Å².